The molecule has 5 atom stereocenters. The van der Waals surface area contributed by atoms with E-state index in [-0.39, 0.29) is 0 Å². The van der Waals surface area contributed by atoms with Gasteiger partial charge in [0.15, 0.2) is 0 Å². The van der Waals surface area contributed by atoms with Crippen LogP contribution in [0, 0.1) is 17.8 Å². The molecule has 1 aromatic rings. The van der Waals surface area contributed by atoms with Crippen molar-refractivity contribution in [1.29, 1.82) is 0 Å². The van der Waals surface area contributed by atoms with Crippen molar-refractivity contribution in [2.45, 2.75) is 63.3 Å². The first-order chi connectivity index (χ1) is 9.31. The number of aryl methyl sites for hydroxylation is 1. The number of hydrogen-bond acceptors (Lipinski definition) is 2. The third-order valence-corrected chi connectivity index (χ3v) is 7.07. The van der Waals surface area contributed by atoms with Crippen LogP contribution in [0.3, 0.4) is 0 Å². The molecular formula is C17H25NS. The van der Waals surface area contributed by atoms with Crippen molar-refractivity contribution in [3.8, 4) is 0 Å². The number of thiophene rings is 1. The molecule has 19 heavy (non-hydrogen) atoms. The molecule has 4 rings (SSSR count). The average molecular weight is 275 g/mol. The Morgan fingerprint density at radius 2 is 2.21 bits per heavy atom. The molecule has 2 fully saturated rings. The summed E-state index contributed by atoms with van der Waals surface area (Å²) in [6.45, 7) is 0. The minimum Gasteiger partial charge on any atom is -0.327 e. The lowest BCUT2D eigenvalue weighted by Gasteiger charge is -2.32. The molecule has 5 unspecified atom stereocenters. The van der Waals surface area contributed by atoms with Gasteiger partial charge in [-0.3, -0.25) is 0 Å². The standard InChI is InChI=1S/C17H25NS/c18-16(10-13-9-11-4-5-12(13)8-11)14-2-1-3-17-15(14)6-7-19-17/h6-7,11-14,16H,1-5,8-10,18H2. The fourth-order valence-electron chi connectivity index (χ4n) is 5.15. The van der Waals surface area contributed by atoms with Crippen LogP contribution in [-0.4, -0.2) is 6.04 Å². The van der Waals surface area contributed by atoms with Crippen LogP contribution in [0.1, 0.15) is 61.3 Å². The molecule has 3 aliphatic rings. The highest BCUT2D eigenvalue weighted by Crippen LogP contribution is 2.50. The number of hydrogen-bond donors (Lipinski definition) is 1. The van der Waals surface area contributed by atoms with E-state index in [1.54, 1.807) is 10.4 Å². The summed E-state index contributed by atoms with van der Waals surface area (Å²) in [4.78, 5) is 1.62. The molecule has 0 amide bonds. The summed E-state index contributed by atoms with van der Waals surface area (Å²) in [6, 6.07) is 2.77. The molecule has 1 nitrogen and oxygen atoms in total. The number of fused-ring (bicyclic) bond motifs is 3. The molecule has 2 saturated carbocycles. The Labute approximate surface area is 120 Å². The van der Waals surface area contributed by atoms with Crippen LogP contribution < -0.4 is 5.73 Å². The van der Waals surface area contributed by atoms with Gasteiger partial charge in [0.2, 0.25) is 0 Å². The Morgan fingerprint density at radius 1 is 1.26 bits per heavy atom. The second-order valence-corrected chi connectivity index (χ2v) is 8.13. The van der Waals surface area contributed by atoms with Crippen molar-refractivity contribution in [3.63, 3.8) is 0 Å². The minimum atomic E-state index is 0.415. The molecular weight excluding hydrogens is 250 g/mol. The summed E-state index contributed by atoms with van der Waals surface area (Å²) in [7, 11) is 0. The normalized spacial score (nSPS) is 38.4. The zero-order valence-corrected chi connectivity index (χ0v) is 12.5. The SMILES string of the molecule is NC(CC1CC2CCC1C2)C1CCCc2sccc21. The van der Waals surface area contributed by atoms with Gasteiger partial charge in [0.25, 0.3) is 0 Å². The molecule has 2 N–H and O–H groups in total. The predicted octanol–water partition coefficient (Wildman–Crippen LogP) is 4.32. The van der Waals surface area contributed by atoms with Crippen LogP contribution >= 0.6 is 11.3 Å². The fourth-order valence-corrected chi connectivity index (χ4v) is 6.14. The van der Waals surface area contributed by atoms with Gasteiger partial charge in [-0.2, -0.15) is 0 Å². The Morgan fingerprint density at radius 3 is 3.00 bits per heavy atom. The van der Waals surface area contributed by atoms with E-state index in [0.29, 0.717) is 12.0 Å². The molecule has 0 radical (unpaired) electrons. The summed E-state index contributed by atoms with van der Waals surface area (Å²) in [5.74, 6) is 3.71. The van der Waals surface area contributed by atoms with Crippen LogP contribution in [0.4, 0.5) is 0 Å². The molecule has 2 bridgehead atoms. The molecule has 104 valence electrons. The van der Waals surface area contributed by atoms with E-state index in [9.17, 15) is 0 Å². The zero-order valence-electron chi connectivity index (χ0n) is 11.7. The van der Waals surface area contributed by atoms with Gasteiger partial charge in [0, 0.05) is 16.8 Å². The van der Waals surface area contributed by atoms with Gasteiger partial charge < -0.3 is 5.73 Å². The first kappa shape index (κ1) is 12.4. The summed E-state index contributed by atoms with van der Waals surface area (Å²) in [5.41, 5.74) is 8.24. The van der Waals surface area contributed by atoms with Crippen molar-refractivity contribution in [3.05, 3.63) is 21.9 Å². The van der Waals surface area contributed by atoms with Gasteiger partial charge in [-0.25, -0.2) is 0 Å². The van der Waals surface area contributed by atoms with E-state index in [1.165, 1.54) is 51.4 Å². The van der Waals surface area contributed by atoms with Crippen LogP contribution in [0.25, 0.3) is 0 Å². The van der Waals surface area contributed by atoms with E-state index >= 15 is 0 Å². The van der Waals surface area contributed by atoms with Gasteiger partial charge in [0.1, 0.15) is 0 Å². The maximum absolute atomic E-state index is 6.64. The first-order valence-electron chi connectivity index (χ1n) is 8.13. The Hall–Kier alpha value is -0.340. The lowest BCUT2D eigenvalue weighted by molar-refractivity contribution is 0.276. The van der Waals surface area contributed by atoms with Crippen LogP contribution in [0.2, 0.25) is 0 Å². The molecule has 2 heteroatoms. The lowest BCUT2D eigenvalue weighted by Crippen LogP contribution is -2.33. The maximum atomic E-state index is 6.64. The number of nitrogens with two attached hydrogens (primary N) is 1. The highest BCUT2D eigenvalue weighted by Gasteiger charge is 2.41. The monoisotopic (exact) mass is 275 g/mol. The molecule has 0 aromatic carbocycles. The van der Waals surface area contributed by atoms with Gasteiger partial charge in [-0.05, 0) is 79.7 Å². The Bertz CT molecular complexity index is 452. The first-order valence-corrected chi connectivity index (χ1v) is 9.01. The van der Waals surface area contributed by atoms with E-state index in [4.69, 9.17) is 5.73 Å². The summed E-state index contributed by atoms with van der Waals surface area (Å²) < 4.78 is 0. The lowest BCUT2D eigenvalue weighted by atomic mass is 9.76. The smallest absolute Gasteiger partial charge is 0.0111 e. The van der Waals surface area contributed by atoms with Crippen LogP contribution in [0.5, 0.6) is 0 Å². The average Bonchev–Trinajstić information content (AvgIpc) is 3.13. The molecule has 1 heterocycles. The topological polar surface area (TPSA) is 26.0 Å². The second kappa shape index (κ2) is 4.89. The van der Waals surface area contributed by atoms with Crippen LogP contribution in [-0.2, 0) is 6.42 Å². The van der Waals surface area contributed by atoms with Gasteiger partial charge >= 0.3 is 0 Å². The maximum Gasteiger partial charge on any atom is 0.0111 e. The third-order valence-electron chi connectivity index (χ3n) is 6.07. The number of rotatable bonds is 3. The molecule has 0 aliphatic heterocycles. The molecule has 0 spiro atoms. The third kappa shape index (κ3) is 2.17. The van der Waals surface area contributed by atoms with Crippen molar-refractivity contribution >= 4 is 11.3 Å². The quantitative estimate of drug-likeness (QED) is 0.873. The molecule has 1 aromatic heterocycles. The van der Waals surface area contributed by atoms with Crippen molar-refractivity contribution < 1.29 is 0 Å². The van der Waals surface area contributed by atoms with E-state index in [0.717, 1.165) is 17.8 Å². The predicted molar refractivity (Wildman–Crippen MR) is 81.5 cm³/mol. The van der Waals surface area contributed by atoms with Crippen molar-refractivity contribution in [1.82, 2.24) is 0 Å². The summed E-state index contributed by atoms with van der Waals surface area (Å²) in [5, 5.41) is 2.27. The zero-order chi connectivity index (χ0) is 12.8. The van der Waals surface area contributed by atoms with Crippen molar-refractivity contribution in [2.24, 2.45) is 23.5 Å². The van der Waals surface area contributed by atoms with E-state index in [1.807, 2.05) is 11.3 Å². The van der Waals surface area contributed by atoms with E-state index < -0.39 is 0 Å². The molecule has 0 saturated heterocycles. The van der Waals surface area contributed by atoms with Gasteiger partial charge in [0.05, 0.1) is 0 Å². The molecule has 3 aliphatic carbocycles. The largest absolute Gasteiger partial charge is 0.327 e. The van der Waals surface area contributed by atoms with Gasteiger partial charge in [-0.1, -0.05) is 6.42 Å². The van der Waals surface area contributed by atoms with Crippen LogP contribution in [0.15, 0.2) is 11.4 Å². The highest BCUT2D eigenvalue weighted by atomic mass is 32.1. The summed E-state index contributed by atoms with van der Waals surface area (Å²) >= 11 is 1.95. The summed E-state index contributed by atoms with van der Waals surface area (Å²) in [6.07, 6.45) is 11.3. The minimum absolute atomic E-state index is 0.415. The second-order valence-electron chi connectivity index (χ2n) is 7.13. The van der Waals surface area contributed by atoms with Gasteiger partial charge in [-0.15, -0.1) is 11.3 Å². The van der Waals surface area contributed by atoms with Crippen molar-refractivity contribution in [2.75, 3.05) is 0 Å². The highest BCUT2D eigenvalue weighted by molar-refractivity contribution is 7.10. The fraction of sp³-hybridized carbons (Fsp3) is 0.765. The Kier molecular flexibility index (Phi) is 3.19. The Balaban J connectivity index is 1.45. The van der Waals surface area contributed by atoms with E-state index in [2.05, 4.69) is 11.4 Å².